The van der Waals surface area contributed by atoms with Crippen LogP contribution < -0.4 is 0 Å². The lowest BCUT2D eigenvalue weighted by Gasteiger charge is -2.16. The number of methoxy groups -OCH3 is 2. The van der Waals surface area contributed by atoms with E-state index in [0.717, 1.165) is 11.0 Å². The average molecular weight is 322 g/mol. The van der Waals surface area contributed by atoms with E-state index in [1.54, 1.807) is 18.4 Å². The number of benzene rings is 1. The Morgan fingerprint density at radius 1 is 1.14 bits per heavy atom. The van der Waals surface area contributed by atoms with Crippen LogP contribution >= 0.6 is 11.8 Å². The first-order chi connectivity index (χ1) is 10.5. The molecule has 118 valence electrons. The molecule has 0 spiro atoms. The van der Waals surface area contributed by atoms with Gasteiger partial charge >= 0.3 is 11.9 Å². The summed E-state index contributed by atoms with van der Waals surface area (Å²) in [5, 5.41) is 0.155. The fourth-order valence-electron chi connectivity index (χ4n) is 2.13. The SMILES string of the molecule is COC(=O)[C@H](C)Sc1nc2ccccc2n1[C@@H](C)C(=O)OC. The molecule has 1 aromatic heterocycles. The Balaban J connectivity index is 2.48. The summed E-state index contributed by atoms with van der Waals surface area (Å²) in [5.74, 6) is -0.704. The molecular formula is C15H18N2O4S. The van der Waals surface area contributed by atoms with Crippen molar-refractivity contribution in [1.29, 1.82) is 0 Å². The molecule has 1 aromatic carbocycles. The summed E-state index contributed by atoms with van der Waals surface area (Å²) in [6.45, 7) is 3.48. The van der Waals surface area contributed by atoms with Crippen LogP contribution in [-0.4, -0.2) is 41.0 Å². The first-order valence-corrected chi connectivity index (χ1v) is 7.66. The van der Waals surface area contributed by atoms with Crippen LogP contribution in [0.1, 0.15) is 19.9 Å². The van der Waals surface area contributed by atoms with Crippen molar-refractivity contribution in [3.05, 3.63) is 24.3 Å². The van der Waals surface area contributed by atoms with E-state index < -0.39 is 11.3 Å². The molecule has 0 aliphatic heterocycles. The maximum Gasteiger partial charge on any atom is 0.328 e. The second kappa shape index (κ2) is 6.83. The summed E-state index contributed by atoms with van der Waals surface area (Å²) >= 11 is 1.25. The number of carbonyl (C=O) groups excluding carboxylic acids is 2. The van der Waals surface area contributed by atoms with E-state index in [9.17, 15) is 9.59 Å². The second-order valence-corrected chi connectivity index (χ2v) is 6.04. The zero-order valence-corrected chi connectivity index (χ0v) is 13.7. The van der Waals surface area contributed by atoms with Gasteiger partial charge in [-0.1, -0.05) is 23.9 Å². The van der Waals surface area contributed by atoms with Crippen molar-refractivity contribution in [3.8, 4) is 0 Å². The first-order valence-electron chi connectivity index (χ1n) is 6.78. The van der Waals surface area contributed by atoms with Crippen LogP contribution in [0.3, 0.4) is 0 Å². The molecule has 2 aromatic rings. The number of ether oxygens (including phenoxy) is 2. The molecule has 0 N–H and O–H groups in total. The predicted octanol–water partition coefficient (Wildman–Crippen LogP) is 2.42. The average Bonchev–Trinajstić information content (AvgIpc) is 2.90. The molecule has 0 saturated heterocycles. The minimum atomic E-state index is -0.537. The summed E-state index contributed by atoms with van der Waals surface area (Å²) in [6.07, 6.45) is 0. The summed E-state index contributed by atoms with van der Waals surface area (Å²) in [4.78, 5) is 28.1. The monoisotopic (exact) mass is 322 g/mol. The molecule has 0 aliphatic carbocycles. The van der Waals surface area contributed by atoms with E-state index >= 15 is 0 Å². The van der Waals surface area contributed by atoms with Gasteiger partial charge in [0.05, 0.1) is 25.3 Å². The fraction of sp³-hybridized carbons (Fsp3) is 0.400. The van der Waals surface area contributed by atoms with Crippen molar-refractivity contribution in [2.24, 2.45) is 0 Å². The number of nitrogens with zero attached hydrogens (tertiary/aromatic N) is 2. The third-order valence-corrected chi connectivity index (χ3v) is 4.35. The maximum absolute atomic E-state index is 11.9. The van der Waals surface area contributed by atoms with E-state index in [2.05, 4.69) is 4.98 Å². The lowest BCUT2D eigenvalue weighted by Crippen LogP contribution is -2.20. The minimum Gasteiger partial charge on any atom is -0.468 e. The quantitative estimate of drug-likeness (QED) is 0.622. The van der Waals surface area contributed by atoms with Crippen LogP contribution in [0, 0.1) is 0 Å². The first kappa shape index (κ1) is 16.4. The number of esters is 2. The lowest BCUT2D eigenvalue weighted by atomic mass is 10.3. The highest BCUT2D eigenvalue weighted by molar-refractivity contribution is 8.00. The number of rotatable bonds is 5. The van der Waals surface area contributed by atoms with Crippen LogP contribution in [0.15, 0.2) is 29.4 Å². The molecular weight excluding hydrogens is 304 g/mol. The van der Waals surface area contributed by atoms with E-state index in [0.29, 0.717) is 5.16 Å². The van der Waals surface area contributed by atoms with Crippen LogP contribution in [-0.2, 0) is 19.1 Å². The van der Waals surface area contributed by atoms with Crippen molar-refractivity contribution in [2.45, 2.75) is 30.3 Å². The Morgan fingerprint density at radius 3 is 2.41 bits per heavy atom. The Bertz CT molecular complexity index is 698. The Kier molecular flexibility index (Phi) is 5.07. The Morgan fingerprint density at radius 2 is 1.77 bits per heavy atom. The van der Waals surface area contributed by atoms with E-state index in [-0.39, 0.29) is 11.9 Å². The maximum atomic E-state index is 11.9. The van der Waals surface area contributed by atoms with Gasteiger partial charge in [-0.05, 0) is 26.0 Å². The highest BCUT2D eigenvalue weighted by atomic mass is 32.2. The molecule has 22 heavy (non-hydrogen) atoms. The molecule has 0 bridgehead atoms. The van der Waals surface area contributed by atoms with Crippen molar-refractivity contribution in [1.82, 2.24) is 9.55 Å². The number of carbonyl (C=O) groups is 2. The predicted molar refractivity (Wildman–Crippen MR) is 83.8 cm³/mol. The number of aromatic nitrogens is 2. The molecule has 6 nitrogen and oxygen atoms in total. The number of hydrogen-bond donors (Lipinski definition) is 0. The molecule has 0 amide bonds. The van der Waals surface area contributed by atoms with Gasteiger partial charge in [0.2, 0.25) is 0 Å². The van der Waals surface area contributed by atoms with Crippen molar-refractivity contribution in [2.75, 3.05) is 14.2 Å². The van der Waals surface area contributed by atoms with Crippen molar-refractivity contribution >= 4 is 34.7 Å². The van der Waals surface area contributed by atoms with Gasteiger partial charge in [-0.3, -0.25) is 4.79 Å². The summed E-state index contributed by atoms with van der Waals surface area (Å²) in [7, 11) is 2.70. The molecule has 1 heterocycles. The summed E-state index contributed by atoms with van der Waals surface area (Å²) in [6, 6.07) is 6.96. The van der Waals surface area contributed by atoms with E-state index in [1.807, 2.05) is 24.3 Å². The van der Waals surface area contributed by atoms with Crippen molar-refractivity contribution in [3.63, 3.8) is 0 Å². The number of imidazole rings is 1. The molecule has 2 atom stereocenters. The molecule has 0 fully saturated rings. The van der Waals surface area contributed by atoms with E-state index in [1.165, 1.54) is 26.0 Å². The molecule has 0 radical (unpaired) electrons. The number of fused-ring (bicyclic) bond motifs is 1. The zero-order valence-electron chi connectivity index (χ0n) is 12.9. The number of hydrogen-bond acceptors (Lipinski definition) is 6. The number of thioether (sulfide) groups is 1. The number of para-hydroxylation sites is 2. The molecule has 2 rings (SSSR count). The molecule has 0 unspecified atom stereocenters. The third-order valence-electron chi connectivity index (χ3n) is 3.31. The third kappa shape index (κ3) is 3.09. The highest BCUT2D eigenvalue weighted by Crippen LogP contribution is 2.31. The Hall–Kier alpha value is -2.02. The Labute approximate surface area is 132 Å². The van der Waals surface area contributed by atoms with Gasteiger partial charge < -0.3 is 14.0 Å². The second-order valence-electron chi connectivity index (χ2n) is 4.74. The summed E-state index contributed by atoms with van der Waals surface area (Å²) < 4.78 is 11.3. The molecule has 0 saturated carbocycles. The minimum absolute atomic E-state index is 0.339. The van der Waals surface area contributed by atoms with Gasteiger partial charge in [0.25, 0.3) is 0 Å². The topological polar surface area (TPSA) is 70.4 Å². The molecule has 7 heteroatoms. The smallest absolute Gasteiger partial charge is 0.328 e. The lowest BCUT2D eigenvalue weighted by molar-refractivity contribution is -0.144. The normalized spacial score (nSPS) is 13.6. The highest BCUT2D eigenvalue weighted by Gasteiger charge is 2.25. The van der Waals surface area contributed by atoms with Crippen molar-refractivity contribution < 1.29 is 19.1 Å². The molecule has 0 aliphatic rings. The fourth-order valence-corrected chi connectivity index (χ4v) is 3.16. The van der Waals surface area contributed by atoms with Crippen LogP contribution in [0.5, 0.6) is 0 Å². The van der Waals surface area contributed by atoms with Crippen LogP contribution in [0.2, 0.25) is 0 Å². The largest absolute Gasteiger partial charge is 0.468 e. The van der Waals surface area contributed by atoms with Crippen LogP contribution in [0.4, 0.5) is 0 Å². The zero-order chi connectivity index (χ0) is 16.3. The van der Waals surface area contributed by atoms with Gasteiger partial charge in [-0.25, -0.2) is 9.78 Å². The van der Waals surface area contributed by atoms with E-state index in [4.69, 9.17) is 9.47 Å². The standard InChI is InChI=1S/C15H18N2O4S/c1-9(13(18)20-3)17-12-8-6-5-7-11(12)16-15(17)22-10(2)14(19)21-4/h5-10H,1-4H3/t9-,10-/m0/s1. The van der Waals surface area contributed by atoms with Crippen LogP contribution in [0.25, 0.3) is 11.0 Å². The van der Waals surface area contributed by atoms with Gasteiger partial charge in [0.15, 0.2) is 5.16 Å². The van der Waals surface area contributed by atoms with Gasteiger partial charge in [-0.15, -0.1) is 0 Å². The summed E-state index contributed by atoms with van der Waals surface area (Å²) in [5.41, 5.74) is 1.58. The van der Waals surface area contributed by atoms with Gasteiger partial charge in [0, 0.05) is 0 Å². The van der Waals surface area contributed by atoms with Gasteiger partial charge in [0.1, 0.15) is 11.3 Å². The van der Waals surface area contributed by atoms with Gasteiger partial charge in [-0.2, -0.15) is 0 Å².